The lowest BCUT2D eigenvalue weighted by Crippen LogP contribution is -2.40. The van der Waals surface area contributed by atoms with Crippen LogP contribution in [0.3, 0.4) is 0 Å². The zero-order valence-corrected chi connectivity index (χ0v) is 9.33. The topological polar surface area (TPSA) is 70.4 Å². The molecule has 1 aliphatic rings. The van der Waals surface area contributed by atoms with Crippen LogP contribution in [0.25, 0.3) is 10.4 Å². The number of halogens is 2. The van der Waals surface area contributed by atoms with Crippen LogP contribution in [-0.2, 0) is 10.3 Å². The van der Waals surface area contributed by atoms with Crippen molar-refractivity contribution in [3.8, 4) is 0 Å². The van der Waals surface area contributed by atoms with Gasteiger partial charge in [0, 0.05) is 16.8 Å². The van der Waals surface area contributed by atoms with Gasteiger partial charge >= 0.3 is 0 Å². The minimum Gasteiger partial charge on any atom is -0.373 e. The van der Waals surface area contributed by atoms with Gasteiger partial charge in [0.15, 0.2) is 5.54 Å². The maximum Gasteiger partial charge on any atom is 0.269 e. The van der Waals surface area contributed by atoms with Crippen LogP contribution in [0.2, 0.25) is 0 Å². The van der Waals surface area contributed by atoms with Crippen molar-refractivity contribution in [2.45, 2.75) is 12.0 Å². The van der Waals surface area contributed by atoms with E-state index in [0.29, 0.717) is 0 Å². The zero-order valence-electron chi connectivity index (χ0n) is 9.33. The molecule has 0 fully saturated rings. The molecule has 1 heterocycles. The first-order chi connectivity index (χ1) is 8.69. The average molecular weight is 252 g/mol. The van der Waals surface area contributed by atoms with Gasteiger partial charge in [-0.1, -0.05) is 23.3 Å². The van der Waals surface area contributed by atoms with E-state index in [-0.39, 0.29) is 24.5 Å². The van der Waals surface area contributed by atoms with Crippen molar-refractivity contribution in [1.82, 2.24) is 0 Å². The summed E-state index contributed by atoms with van der Waals surface area (Å²) in [5, 5.41) is 3.40. The molecule has 1 aliphatic heterocycles. The SMILES string of the molecule is [N-]=[N+]=Nc1cccc(C2(C(F)F)COCC=N2)c1. The van der Waals surface area contributed by atoms with Crippen molar-refractivity contribution in [3.05, 3.63) is 40.3 Å². The number of hydrogen-bond acceptors (Lipinski definition) is 3. The lowest BCUT2D eigenvalue weighted by molar-refractivity contribution is -0.0109. The second kappa shape index (κ2) is 5.12. The molecule has 18 heavy (non-hydrogen) atoms. The van der Waals surface area contributed by atoms with Crippen LogP contribution < -0.4 is 0 Å². The van der Waals surface area contributed by atoms with Crippen LogP contribution >= 0.6 is 0 Å². The Kier molecular flexibility index (Phi) is 3.55. The summed E-state index contributed by atoms with van der Waals surface area (Å²) < 4.78 is 31.6. The third-order valence-electron chi connectivity index (χ3n) is 2.70. The van der Waals surface area contributed by atoms with E-state index in [2.05, 4.69) is 15.0 Å². The largest absolute Gasteiger partial charge is 0.373 e. The lowest BCUT2D eigenvalue weighted by atomic mass is 9.91. The Morgan fingerprint density at radius 2 is 2.33 bits per heavy atom. The average Bonchev–Trinajstić information content (AvgIpc) is 2.40. The summed E-state index contributed by atoms with van der Waals surface area (Å²) >= 11 is 0. The number of hydrogen-bond donors (Lipinski definition) is 0. The highest BCUT2D eigenvalue weighted by molar-refractivity contribution is 5.61. The summed E-state index contributed by atoms with van der Waals surface area (Å²) in [7, 11) is 0. The minimum absolute atomic E-state index is 0.194. The smallest absolute Gasteiger partial charge is 0.269 e. The maximum absolute atomic E-state index is 13.3. The fraction of sp³-hybridized carbons (Fsp3) is 0.364. The molecular formula is C11H10F2N4O. The van der Waals surface area contributed by atoms with Crippen molar-refractivity contribution in [2.24, 2.45) is 10.1 Å². The highest BCUT2D eigenvalue weighted by Gasteiger charge is 2.43. The Morgan fingerprint density at radius 3 is 2.94 bits per heavy atom. The van der Waals surface area contributed by atoms with E-state index in [9.17, 15) is 8.78 Å². The summed E-state index contributed by atoms with van der Waals surface area (Å²) in [5.41, 5.74) is 7.19. The molecule has 0 aromatic heterocycles. The fourth-order valence-electron chi connectivity index (χ4n) is 1.80. The molecule has 5 nitrogen and oxygen atoms in total. The molecule has 0 saturated heterocycles. The second-order valence-corrected chi connectivity index (χ2v) is 3.79. The monoisotopic (exact) mass is 252 g/mol. The number of azide groups is 1. The summed E-state index contributed by atoms with van der Waals surface area (Å²) in [6, 6.07) is 6.01. The molecule has 94 valence electrons. The quantitative estimate of drug-likeness (QED) is 0.462. The van der Waals surface area contributed by atoms with E-state index >= 15 is 0 Å². The molecular weight excluding hydrogens is 242 g/mol. The van der Waals surface area contributed by atoms with Crippen molar-refractivity contribution in [2.75, 3.05) is 13.2 Å². The third kappa shape index (κ3) is 2.18. The van der Waals surface area contributed by atoms with E-state index in [4.69, 9.17) is 10.3 Å². The van der Waals surface area contributed by atoms with E-state index < -0.39 is 12.0 Å². The summed E-state index contributed by atoms with van der Waals surface area (Å²) in [4.78, 5) is 6.52. The zero-order chi connectivity index (χ0) is 13.0. The first-order valence-corrected chi connectivity index (χ1v) is 5.24. The maximum atomic E-state index is 13.3. The van der Waals surface area contributed by atoms with E-state index in [1.54, 1.807) is 6.07 Å². The second-order valence-electron chi connectivity index (χ2n) is 3.79. The summed E-state index contributed by atoms with van der Waals surface area (Å²) in [6.07, 6.45) is -1.37. The standard InChI is InChI=1S/C11H10F2N4O/c12-10(13)11(7-18-5-4-15-11)8-2-1-3-9(6-8)16-17-14/h1-4,6,10H,5,7H2. The predicted octanol–water partition coefficient (Wildman–Crippen LogP) is 3.19. The summed E-state index contributed by atoms with van der Waals surface area (Å²) in [5.74, 6) is 0. The van der Waals surface area contributed by atoms with E-state index in [1.807, 2.05) is 0 Å². The first-order valence-electron chi connectivity index (χ1n) is 5.24. The Hall–Kier alpha value is -1.98. The normalized spacial score (nSPS) is 22.8. The van der Waals surface area contributed by atoms with Crippen LogP contribution in [0.4, 0.5) is 14.5 Å². The van der Waals surface area contributed by atoms with Crippen molar-refractivity contribution in [3.63, 3.8) is 0 Å². The molecule has 0 radical (unpaired) electrons. The molecule has 1 aromatic carbocycles. The lowest BCUT2D eigenvalue weighted by Gasteiger charge is -2.31. The molecule has 1 unspecified atom stereocenters. The Bertz CT molecular complexity index is 514. The Morgan fingerprint density at radius 1 is 1.50 bits per heavy atom. The molecule has 7 heteroatoms. The van der Waals surface area contributed by atoms with Crippen LogP contribution in [0.5, 0.6) is 0 Å². The molecule has 0 aliphatic carbocycles. The molecule has 1 aromatic rings. The van der Waals surface area contributed by atoms with Gasteiger partial charge in [0.2, 0.25) is 0 Å². The van der Waals surface area contributed by atoms with Crippen LogP contribution in [0.15, 0.2) is 34.4 Å². The molecule has 0 spiro atoms. The van der Waals surface area contributed by atoms with E-state index in [0.717, 1.165) is 0 Å². The number of alkyl halides is 2. The van der Waals surface area contributed by atoms with Gasteiger partial charge in [0.05, 0.1) is 13.2 Å². The van der Waals surface area contributed by atoms with Gasteiger partial charge in [-0.3, -0.25) is 4.99 Å². The summed E-state index contributed by atoms with van der Waals surface area (Å²) in [6.45, 7) is 0.0331. The van der Waals surface area contributed by atoms with Crippen molar-refractivity contribution < 1.29 is 13.5 Å². The molecule has 1 atom stereocenters. The molecule has 0 amide bonds. The van der Waals surface area contributed by atoms with Crippen LogP contribution in [0, 0.1) is 0 Å². The van der Waals surface area contributed by atoms with Gasteiger partial charge in [-0.25, -0.2) is 8.78 Å². The third-order valence-corrected chi connectivity index (χ3v) is 2.70. The number of ether oxygens (including phenoxy) is 1. The Balaban J connectivity index is 2.49. The molecule has 0 saturated carbocycles. The van der Waals surface area contributed by atoms with Gasteiger partial charge < -0.3 is 4.74 Å². The van der Waals surface area contributed by atoms with Gasteiger partial charge in [-0.05, 0) is 17.2 Å². The van der Waals surface area contributed by atoms with Crippen LogP contribution in [0.1, 0.15) is 5.56 Å². The fourth-order valence-corrected chi connectivity index (χ4v) is 1.80. The minimum atomic E-state index is -2.70. The number of benzene rings is 1. The number of aliphatic imine (C=N–C) groups is 1. The Labute approximate surface area is 102 Å². The predicted molar refractivity (Wildman–Crippen MR) is 62.2 cm³/mol. The highest BCUT2D eigenvalue weighted by Crippen LogP contribution is 2.36. The van der Waals surface area contributed by atoms with Crippen molar-refractivity contribution in [1.29, 1.82) is 0 Å². The highest BCUT2D eigenvalue weighted by atomic mass is 19.3. The van der Waals surface area contributed by atoms with Gasteiger partial charge in [-0.15, -0.1) is 0 Å². The molecule has 0 bridgehead atoms. The molecule has 0 N–H and O–H groups in total. The number of rotatable bonds is 3. The van der Waals surface area contributed by atoms with Gasteiger partial charge in [-0.2, -0.15) is 0 Å². The first kappa shape index (κ1) is 12.5. The van der Waals surface area contributed by atoms with Gasteiger partial charge in [0.25, 0.3) is 6.43 Å². The van der Waals surface area contributed by atoms with Crippen molar-refractivity contribution >= 4 is 11.9 Å². The van der Waals surface area contributed by atoms with Gasteiger partial charge in [0.1, 0.15) is 0 Å². The van der Waals surface area contributed by atoms with E-state index in [1.165, 1.54) is 24.4 Å². The number of nitrogens with zero attached hydrogens (tertiary/aromatic N) is 4. The molecule has 2 rings (SSSR count). The van der Waals surface area contributed by atoms with Crippen LogP contribution in [-0.4, -0.2) is 25.9 Å².